The highest BCUT2D eigenvalue weighted by Gasteiger charge is 2.27. The van der Waals surface area contributed by atoms with Gasteiger partial charge in [-0.2, -0.15) is 0 Å². The summed E-state index contributed by atoms with van der Waals surface area (Å²) in [7, 11) is 2.09. The van der Waals surface area contributed by atoms with Crippen LogP contribution in [0.15, 0.2) is 24.3 Å². The van der Waals surface area contributed by atoms with Crippen molar-refractivity contribution in [1.29, 1.82) is 0 Å². The number of aromatic hydroxyl groups is 1. The molecule has 2 heterocycles. The van der Waals surface area contributed by atoms with Crippen LogP contribution in [0.4, 0.5) is 10.5 Å². The third-order valence-electron chi connectivity index (χ3n) is 4.55. The molecule has 1 N–H and O–H groups in total. The number of amides is 2. The first kappa shape index (κ1) is 15.0. The average molecular weight is 304 g/mol. The van der Waals surface area contributed by atoms with E-state index >= 15 is 0 Å². The number of nitrogens with zero attached hydrogens (tertiary/aromatic N) is 4. The molecule has 2 aliphatic rings. The van der Waals surface area contributed by atoms with E-state index in [0.29, 0.717) is 18.8 Å². The van der Waals surface area contributed by atoms with Gasteiger partial charge in [0.2, 0.25) is 0 Å². The maximum Gasteiger partial charge on any atom is 0.320 e. The SMILES string of the molecule is CN1CCN(C(=O)N2CCN(c3ccccc3O)CC2)CC1. The van der Waals surface area contributed by atoms with Crippen molar-refractivity contribution in [2.75, 3.05) is 64.3 Å². The zero-order valence-electron chi connectivity index (χ0n) is 13.1. The molecule has 22 heavy (non-hydrogen) atoms. The molecule has 0 saturated carbocycles. The van der Waals surface area contributed by atoms with Gasteiger partial charge in [-0.25, -0.2) is 4.79 Å². The standard InChI is InChI=1S/C16H24N4O2/c1-17-6-8-19(9-7-17)16(22)20-12-10-18(11-13-20)14-4-2-3-5-15(14)21/h2-5,21H,6-13H2,1H3. The van der Waals surface area contributed by atoms with E-state index in [1.54, 1.807) is 6.07 Å². The Balaban J connectivity index is 1.55. The number of carbonyl (C=O) groups is 1. The minimum absolute atomic E-state index is 0.157. The van der Waals surface area contributed by atoms with Gasteiger partial charge in [-0.05, 0) is 19.2 Å². The molecule has 2 aliphatic heterocycles. The number of hydrogen-bond donors (Lipinski definition) is 1. The minimum atomic E-state index is 0.157. The van der Waals surface area contributed by atoms with Gasteiger partial charge >= 0.3 is 6.03 Å². The summed E-state index contributed by atoms with van der Waals surface area (Å²) in [6.07, 6.45) is 0. The number of para-hydroxylation sites is 2. The lowest BCUT2D eigenvalue weighted by Gasteiger charge is -2.40. The molecule has 2 fully saturated rings. The lowest BCUT2D eigenvalue weighted by molar-refractivity contribution is 0.120. The van der Waals surface area contributed by atoms with E-state index in [1.807, 2.05) is 28.0 Å². The maximum absolute atomic E-state index is 12.5. The second-order valence-corrected chi connectivity index (χ2v) is 6.04. The number of rotatable bonds is 1. The fraction of sp³-hybridized carbons (Fsp3) is 0.562. The number of urea groups is 1. The van der Waals surface area contributed by atoms with Crippen molar-refractivity contribution in [3.05, 3.63) is 24.3 Å². The Labute approximate surface area is 131 Å². The number of anilines is 1. The quantitative estimate of drug-likeness (QED) is 0.837. The van der Waals surface area contributed by atoms with Gasteiger partial charge in [-0.1, -0.05) is 12.1 Å². The summed E-state index contributed by atoms with van der Waals surface area (Å²) < 4.78 is 0. The van der Waals surface area contributed by atoms with Crippen molar-refractivity contribution < 1.29 is 9.90 Å². The van der Waals surface area contributed by atoms with Crippen LogP contribution in [0.2, 0.25) is 0 Å². The lowest BCUT2D eigenvalue weighted by Crippen LogP contribution is -2.56. The summed E-state index contributed by atoms with van der Waals surface area (Å²) in [4.78, 5) is 20.8. The lowest BCUT2D eigenvalue weighted by atomic mass is 10.2. The van der Waals surface area contributed by atoms with E-state index in [1.165, 1.54) is 0 Å². The highest BCUT2D eigenvalue weighted by molar-refractivity contribution is 5.75. The van der Waals surface area contributed by atoms with E-state index in [-0.39, 0.29) is 6.03 Å². The first-order valence-electron chi connectivity index (χ1n) is 7.90. The van der Waals surface area contributed by atoms with Crippen LogP contribution in [0.25, 0.3) is 0 Å². The minimum Gasteiger partial charge on any atom is -0.506 e. The Morgan fingerprint density at radius 1 is 0.909 bits per heavy atom. The van der Waals surface area contributed by atoms with Crippen LogP contribution in [-0.4, -0.2) is 85.2 Å². The highest BCUT2D eigenvalue weighted by atomic mass is 16.3. The van der Waals surface area contributed by atoms with Crippen molar-refractivity contribution in [3.8, 4) is 5.75 Å². The molecule has 6 nitrogen and oxygen atoms in total. The largest absolute Gasteiger partial charge is 0.506 e. The number of benzene rings is 1. The van der Waals surface area contributed by atoms with E-state index in [4.69, 9.17) is 0 Å². The predicted molar refractivity (Wildman–Crippen MR) is 86.4 cm³/mol. The second kappa shape index (κ2) is 6.44. The van der Waals surface area contributed by atoms with Gasteiger partial charge < -0.3 is 24.7 Å². The molecule has 0 atom stereocenters. The molecule has 0 radical (unpaired) electrons. The molecule has 0 aliphatic carbocycles. The first-order chi connectivity index (χ1) is 10.6. The second-order valence-electron chi connectivity index (χ2n) is 6.04. The molecule has 120 valence electrons. The third-order valence-corrected chi connectivity index (χ3v) is 4.55. The number of carbonyl (C=O) groups excluding carboxylic acids is 1. The fourth-order valence-electron chi connectivity index (χ4n) is 3.07. The van der Waals surface area contributed by atoms with Crippen LogP contribution < -0.4 is 4.90 Å². The molecule has 6 heteroatoms. The van der Waals surface area contributed by atoms with Crippen molar-refractivity contribution >= 4 is 11.7 Å². The number of likely N-dealkylation sites (N-methyl/N-ethyl adjacent to an activating group) is 1. The summed E-state index contributed by atoms with van der Waals surface area (Å²) in [5.41, 5.74) is 0.856. The van der Waals surface area contributed by atoms with Crippen LogP contribution in [0.5, 0.6) is 5.75 Å². The number of hydrogen-bond acceptors (Lipinski definition) is 4. The zero-order valence-corrected chi connectivity index (χ0v) is 13.1. The summed E-state index contributed by atoms with van der Waals surface area (Å²) in [6, 6.07) is 7.54. The summed E-state index contributed by atoms with van der Waals surface area (Å²) in [6.45, 7) is 6.46. The molecule has 0 spiro atoms. The molecule has 3 rings (SSSR count). The van der Waals surface area contributed by atoms with Crippen LogP contribution in [0.1, 0.15) is 0 Å². The van der Waals surface area contributed by atoms with Gasteiger partial charge in [-0.3, -0.25) is 0 Å². The van der Waals surface area contributed by atoms with Crippen LogP contribution in [0, 0.1) is 0 Å². The summed E-state index contributed by atoms with van der Waals surface area (Å²) in [5.74, 6) is 0.307. The van der Waals surface area contributed by atoms with Gasteiger partial charge in [0.1, 0.15) is 5.75 Å². The van der Waals surface area contributed by atoms with Gasteiger partial charge in [0.05, 0.1) is 5.69 Å². The molecule has 2 saturated heterocycles. The molecule has 1 aromatic carbocycles. The van der Waals surface area contributed by atoms with Gasteiger partial charge in [0.15, 0.2) is 0 Å². The Hall–Kier alpha value is -1.95. The summed E-state index contributed by atoms with van der Waals surface area (Å²) >= 11 is 0. The molecule has 0 bridgehead atoms. The molecule has 2 amide bonds. The normalized spacial score (nSPS) is 20.3. The zero-order chi connectivity index (χ0) is 15.5. The van der Waals surface area contributed by atoms with E-state index in [0.717, 1.165) is 45.0 Å². The monoisotopic (exact) mass is 304 g/mol. The molecule has 1 aromatic rings. The first-order valence-corrected chi connectivity index (χ1v) is 7.90. The Bertz CT molecular complexity index is 521. The van der Waals surface area contributed by atoms with E-state index in [2.05, 4.69) is 16.8 Å². The van der Waals surface area contributed by atoms with Crippen molar-refractivity contribution in [2.24, 2.45) is 0 Å². The molecule has 0 aromatic heterocycles. The molecule has 0 unspecified atom stereocenters. The van der Waals surface area contributed by atoms with Gasteiger partial charge in [0, 0.05) is 52.4 Å². The van der Waals surface area contributed by atoms with Crippen LogP contribution in [0.3, 0.4) is 0 Å². The molecular formula is C16H24N4O2. The fourth-order valence-corrected chi connectivity index (χ4v) is 3.07. The predicted octanol–water partition coefficient (Wildman–Crippen LogP) is 0.882. The highest BCUT2D eigenvalue weighted by Crippen LogP contribution is 2.27. The van der Waals surface area contributed by atoms with Crippen LogP contribution in [-0.2, 0) is 0 Å². The topological polar surface area (TPSA) is 50.3 Å². The van der Waals surface area contributed by atoms with Gasteiger partial charge in [0.25, 0.3) is 0 Å². The Morgan fingerprint density at radius 3 is 2.05 bits per heavy atom. The number of phenolic OH excluding ortho intramolecular Hbond substituents is 1. The number of phenols is 1. The van der Waals surface area contributed by atoms with Crippen LogP contribution >= 0.6 is 0 Å². The van der Waals surface area contributed by atoms with E-state index in [9.17, 15) is 9.90 Å². The average Bonchev–Trinajstić information content (AvgIpc) is 2.56. The third kappa shape index (κ3) is 3.11. The van der Waals surface area contributed by atoms with Crippen molar-refractivity contribution in [2.45, 2.75) is 0 Å². The van der Waals surface area contributed by atoms with Crippen molar-refractivity contribution in [3.63, 3.8) is 0 Å². The summed E-state index contributed by atoms with van der Waals surface area (Å²) in [5, 5.41) is 9.93. The molecular weight excluding hydrogens is 280 g/mol. The van der Waals surface area contributed by atoms with E-state index < -0.39 is 0 Å². The van der Waals surface area contributed by atoms with Crippen molar-refractivity contribution in [1.82, 2.24) is 14.7 Å². The number of piperazine rings is 2. The maximum atomic E-state index is 12.5. The Morgan fingerprint density at radius 2 is 1.45 bits per heavy atom. The Kier molecular flexibility index (Phi) is 4.38. The van der Waals surface area contributed by atoms with Gasteiger partial charge in [-0.15, -0.1) is 0 Å². The smallest absolute Gasteiger partial charge is 0.320 e.